The smallest absolute Gasteiger partial charge is 0.0954 e. The average Bonchev–Trinajstić information content (AvgIpc) is 2.83. The third-order valence-electron chi connectivity index (χ3n) is 2.24. The van der Waals surface area contributed by atoms with Crippen LogP contribution in [0, 0.1) is 0 Å². The van der Waals surface area contributed by atoms with Crippen LogP contribution in [0.1, 0.15) is 30.5 Å². The van der Waals surface area contributed by atoms with E-state index in [0.717, 1.165) is 17.9 Å². The van der Waals surface area contributed by atoms with Crippen molar-refractivity contribution >= 4 is 29.4 Å². The fourth-order valence-electron chi connectivity index (χ4n) is 1.37. The lowest BCUT2D eigenvalue weighted by Gasteiger charge is -2.00. The predicted molar refractivity (Wildman–Crippen MR) is 74.0 cm³/mol. The van der Waals surface area contributed by atoms with Crippen LogP contribution in [-0.4, -0.2) is 14.8 Å². The van der Waals surface area contributed by atoms with E-state index >= 15 is 0 Å². The average molecular weight is 273 g/mol. The first-order chi connectivity index (χ1) is 7.65. The molecule has 0 radical (unpaired) electrons. The second-order valence-electron chi connectivity index (χ2n) is 4.09. The Morgan fingerprint density at radius 2 is 2.24 bits per heavy atom. The summed E-state index contributed by atoms with van der Waals surface area (Å²) in [6, 6.07) is 0. The maximum absolute atomic E-state index is 4.56. The molecule has 17 heavy (non-hydrogen) atoms. The minimum Gasteiger partial charge on any atom is -0.377 e. The zero-order valence-electron chi connectivity index (χ0n) is 10.2. The summed E-state index contributed by atoms with van der Waals surface area (Å²) in [5.74, 6) is 0.511. The molecule has 1 N–H and O–H groups in total. The summed E-state index contributed by atoms with van der Waals surface area (Å²) in [5.41, 5.74) is 2.12. The Kier molecular flexibility index (Phi) is 4.96. The zero-order valence-corrected chi connectivity index (χ0v) is 11.8. The Bertz CT molecular complexity index is 463. The molecule has 2 aromatic rings. The van der Waals surface area contributed by atoms with Crippen molar-refractivity contribution in [1.82, 2.24) is 14.8 Å². The lowest BCUT2D eigenvalue weighted by atomic mass is 10.2. The van der Waals surface area contributed by atoms with Crippen molar-refractivity contribution in [2.24, 2.45) is 7.05 Å². The summed E-state index contributed by atoms with van der Waals surface area (Å²) in [4.78, 5) is 4.56. The highest BCUT2D eigenvalue weighted by atomic mass is 35.5. The molecule has 0 saturated carbocycles. The Balaban J connectivity index is 0.00000144. The van der Waals surface area contributed by atoms with Gasteiger partial charge in [0.2, 0.25) is 0 Å². The van der Waals surface area contributed by atoms with E-state index < -0.39 is 0 Å². The Labute approximate surface area is 111 Å². The first kappa shape index (κ1) is 14.0. The van der Waals surface area contributed by atoms with Gasteiger partial charge in [-0.2, -0.15) is 5.10 Å². The number of halogens is 1. The van der Waals surface area contributed by atoms with Crippen LogP contribution in [-0.2, 0) is 13.6 Å². The van der Waals surface area contributed by atoms with Gasteiger partial charge < -0.3 is 5.32 Å². The minimum absolute atomic E-state index is 0. The van der Waals surface area contributed by atoms with Gasteiger partial charge in [0, 0.05) is 24.5 Å². The summed E-state index contributed by atoms with van der Waals surface area (Å²) in [6.07, 6.45) is 3.77. The molecule has 94 valence electrons. The summed E-state index contributed by atoms with van der Waals surface area (Å²) in [5, 5.41) is 10.7. The van der Waals surface area contributed by atoms with E-state index in [0.29, 0.717) is 5.92 Å². The normalized spacial score (nSPS) is 10.4. The van der Waals surface area contributed by atoms with Crippen molar-refractivity contribution in [1.29, 1.82) is 0 Å². The predicted octanol–water partition coefficient (Wildman–Crippen LogP) is 3.03. The van der Waals surface area contributed by atoms with Gasteiger partial charge in [0.1, 0.15) is 0 Å². The minimum atomic E-state index is 0. The molecule has 0 amide bonds. The maximum Gasteiger partial charge on any atom is 0.0954 e. The number of anilines is 1. The van der Waals surface area contributed by atoms with Crippen molar-refractivity contribution in [3.8, 4) is 0 Å². The van der Waals surface area contributed by atoms with Gasteiger partial charge in [-0.3, -0.25) is 4.68 Å². The van der Waals surface area contributed by atoms with Crippen LogP contribution < -0.4 is 5.32 Å². The first-order valence-corrected chi connectivity index (χ1v) is 6.20. The van der Waals surface area contributed by atoms with Crippen molar-refractivity contribution in [3.63, 3.8) is 0 Å². The quantitative estimate of drug-likeness (QED) is 0.930. The van der Waals surface area contributed by atoms with Gasteiger partial charge in [-0.25, -0.2) is 4.98 Å². The van der Waals surface area contributed by atoms with Gasteiger partial charge in [0.25, 0.3) is 0 Å². The fraction of sp³-hybridized carbons (Fsp3) is 0.455. The Morgan fingerprint density at radius 3 is 2.76 bits per heavy atom. The molecule has 0 saturated heterocycles. The maximum atomic E-state index is 4.56. The van der Waals surface area contributed by atoms with E-state index in [1.165, 1.54) is 5.01 Å². The van der Waals surface area contributed by atoms with Gasteiger partial charge >= 0.3 is 0 Å². The molecule has 0 aromatic carbocycles. The highest BCUT2D eigenvalue weighted by molar-refractivity contribution is 7.09. The molecule has 0 fully saturated rings. The highest BCUT2D eigenvalue weighted by Crippen LogP contribution is 2.19. The molecule has 2 aromatic heterocycles. The molecule has 2 heterocycles. The standard InChI is InChI=1S/C11H16N4S.ClH/c1-8(2)11-14-10(7-16-11)4-12-9-5-13-15(3)6-9;/h5-8,12H,4H2,1-3H3;1H. The lowest BCUT2D eigenvalue weighted by molar-refractivity contribution is 0.768. The number of nitrogens with zero attached hydrogens (tertiary/aromatic N) is 3. The molecule has 0 aliphatic carbocycles. The van der Waals surface area contributed by atoms with E-state index in [4.69, 9.17) is 0 Å². The SMILES string of the molecule is CC(C)c1nc(CNc2cnn(C)c2)cs1.Cl. The molecular formula is C11H17ClN4S. The number of aryl methyl sites for hydroxylation is 1. The van der Waals surface area contributed by atoms with Crippen LogP contribution in [0.25, 0.3) is 0 Å². The molecule has 0 unspecified atom stereocenters. The summed E-state index contributed by atoms with van der Waals surface area (Å²) >= 11 is 1.73. The molecule has 6 heteroatoms. The van der Waals surface area contributed by atoms with Crippen LogP contribution in [0.2, 0.25) is 0 Å². The molecule has 0 bridgehead atoms. The van der Waals surface area contributed by atoms with E-state index in [1.807, 2.05) is 19.4 Å². The van der Waals surface area contributed by atoms with Crippen molar-refractivity contribution in [3.05, 3.63) is 28.5 Å². The zero-order chi connectivity index (χ0) is 11.5. The third kappa shape index (κ3) is 3.71. The lowest BCUT2D eigenvalue weighted by Crippen LogP contribution is -1.99. The third-order valence-corrected chi connectivity index (χ3v) is 3.44. The van der Waals surface area contributed by atoms with E-state index in [1.54, 1.807) is 16.0 Å². The second-order valence-corrected chi connectivity index (χ2v) is 4.98. The van der Waals surface area contributed by atoms with E-state index in [9.17, 15) is 0 Å². The van der Waals surface area contributed by atoms with Gasteiger partial charge in [-0.1, -0.05) is 13.8 Å². The van der Waals surface area contributed by atoms with Gasteiger partial charge in [0.15, 0.2) is 0 Å². The van der Waals surface area contributed by atoms with E-state index in [-0.39, 0.29) is 12.4 Å². The topological polar surface area (TPSA) is 42.7 Å². The highest BCUT2D eigenvalue weighted by Gasteiger charge is 2.05. The summed E-state index contributed by atoms with van der Waals surface area (Å²) in [6.45, 7) is 5.09. The van der Waals surface area contributed by atoms with Crippen LogP contribution >= 0.6 is 23.7 Å². The number of nitrogens with one attached hydrogen (secondary N) is 1. The van der Waals surface area contributed by atoms with Gasteiger partial charge in [-0.05, 0) is 0 Å². The molecule has 0 aliphatic heterocycles. The monoisotopic (exact) mass is 272 g/mol. The van der Waals surface area contributed by atoms with E-state index in [2.05, 4.69) is 34.6 Å². The molecular weight excluding hydrogens is 256 g/mol. The van der Waals surface area contributed by atoms with Crippen LogP contribution in [0.4, 0.5) is 5.69 Å². The van der Waals surface area contributed by atoms with Crippen molar-refractivity contribution in [2.75, 3.05) is 5.32 Å². The number of rotatable bonds is 4. The number of hydrogen-bond acceptors (Lipinski definition) is 4. The molecule has 2 rings (SSSR count). The second kappa shape index (κ2) is 6.02. The Hall–Kier alpha value is -1.07. The number of thiazole rings is 1. The van der Waals surface area contributed by atoms with Gasteiger partial charge in [0.05, 0.1) is 29.1 Å². The number of aromatic nitrogens is 3. The van der Waals surface area contributed by atoms with Crippen LogP contribution in [0.3, 0.4) is 0 Å². The number of hydrogen-bond donors (Lipinski definition) is 1. The van der Waals surface area contributed by atoms with Gasteiger partial charge in [-0.15, -0.1) is 23.7 Å². The summed E-state index contributed by atoms with van der Waals surface area (Å²) in [7, 11) is 1.91. The fourth-order valence-corrected chi connectivity index (χ4v) is 2.21. The Morgan fingerprint density at radius 1 is 1.47 bits per heavy atom. The molecule has 0 aliphatic rings. The first-order valence-electron chi connectivity index (χ1n) is 5.32. The summed E-state index contributed by atoms with van der Waals surface area (Å²) < 4.78 is 1.78. The largest absolute Gasteiger partial charge is 0.377 e. The van der Waals surface area contributed by atoms with Crippen LogP contribution in [0.15, 0.2) is 17.8 Å². The molecule has 4 nitrogen and oxygen atoms in total. The van der Waals surface area contributed by atoms with Crippen molar-refractivity contribution < 1.29 is 0 Å². The molecule has 0 spiro atoms. The van der Waals surface area contributed by atoms with Crippen LogP contribution in [0.5, 0.6) is 0 Å². The molecule has 0 atom stereocenters. The van der Waals surface area contributed by atoms with Crippen molar-refractivity contribution in [2.45, 2.75) is 26.3 Å².